The van der Waals surface area contributed by atoms with Crippen molar-refractivity contribution < 1.29 is 4.79 Å². The van der Waals surface area contributed by atoms with E-state index in [0.717, 1.165) is 5.56 Å². The Morgan fingerprint density at radius 2 is 2.13 bits per heavy atom. The van der Waals surface area contributed by atoms with Crippen LogP contribution in [0, 0.1) is 11.3 Å². The van der Waals surface area contributed by atoms with Crippen molar-refractivity contribution in [2.75, 3.05) is 17.7 Å². The zero-order valence-corrected chi connectivity index (χ0v) is 14.6. The number of benzene rings is 1. The minimum absolute atomic E-state index is 0.0176. The maximum Gasteiger partial charge on any atom is 0.222 e. The van der Waals surface area contributed by atoms with Crippen LogP contribution in [0.3, 0.4) is 0 Å². The van der Waals surface area contributed by atoms with Crippen LogP contribution in [0.5, 0.6) is 0 Å². The molecule has 1 heterocycles. The van der Waals surface area contributed by atoms with Crippen LogP contribution < -0.4 is 5.73 Å². The lowest BCUT2D eigenvalue weighted by Gasteiger charge is -2.07. The van der Waals surface area contributed by atoms with Crippen LogP contribution in [0.2, 0.25) is 5.02 Å². The molecule has 2 rings (SSSR count). The summed E-state index contributed by atoms with van der Waals surface area (Å²) in [5, 5.41) is 10.8. The lowest BCUT2D eigenvalue weighted by atomic mass is 10.1. The average Bonchev–Trinajstić information content (AvgIpc) is 2.52. The van der Waals surface area contributed by atoms with Crippen LogP contribution in [0.1, 0.15) is 11.1 Å². The number of ketones is 1. The van der Waals surface area contributed by atoms with E-state index in [-0.39, 0.29) is 23.9 Å². The molecule has 0 aliphatic carbocycles. The van der Waals surface area contributed by atoms with Crippen molar-refractivity contribution in [2.45, 2.75) is 16.5 Å². The van der Waals surface area contributed by atoms with Gasteiger partial charge in [-0.05, 0) is 24.0 Å². The first-order valence-corrected chi connectivity index (χ1v) is 9.13. The molecule has 5 nitrogen and oxygen atoms in total. The molecule has 0 saturated heterocycles. The monoisotopic (exact) mass is 364 g/mol. The number of thioether (sulfide) groups is 2. The molecule has 2 N–H and O–H groups in total. The van der Waals surface area contributed by atoms with Gasteiger partial charge in [-0.25, -0.2) is 9.97 Å². The zero-order chi connectivity index (χ0) is 16.8. The quantitative estimate of drug-likeness (QED) is 0.621. The van der Waals surface area contributed by atoms with Gasteiger partial charge in [0.15, 0.2) is 0 Å². The number of halogens is 1. The highest BCUT2D eigenvalue weighted by atomic mass is 35.5. The van der Waals surface area contributed by atoms with Crippen LogP contribution in [-0.2, 0) is 11.2 Å². The Labute approximate surface area is 147 Å². The largest absolute Gasteiger partial charge is 0.368 e. The SMILES string of the molecule is CSc1nc(N)nc(SCC(=O)Cc2cccc(Cl)c2)c1C#N. The second-order valence-corrected chi connectivity index (χ2v) is 6.71. The molecule has 0 unspecified atom stereocenters. The maximum absolute atomic E-state index is 12.1. The number of carbonyl (C=O) groups excluding carboxylic acids is 1. The van der Waals surface area contributed by atoms with Gasteiger partial charge in [0, 0.05) is 11.4 Å². The van der Waals surface area contributed by atoms with Gasteiger partial charge in [0.2, 0.25) is 5.95 Å². The standard InChI is InChI=1S/C15H13ClN4OS2/c1-22-13-12(7-17)14(20-15(18)19-13)23-8-11(21)6-9-3-2-4-10(16)5-9/h2-5H,6,8H2,1H3,(H2,18,19,20). The van der Waals surface area contributed by atoms with E-state index in [1.165, 1.54) is 23.5 Å². The number of nitriles is 1. The van der Waals surface area contributed by atoms with Crippen LogP contribution in [0.25, 0.3) is 0 Å². The van der Waals surface area contributed by atoms with Gasteiger partial charge in [0.25, 0.3) is 0 Å². The van der Waals surface area contributed by atoms with Crippen molar-refractivity contribution in [2.24, 2.45) is 0 Å². The normalized spacial score (nSPS) is 10.3. The second-order valence-electron chi connectivity index (χ2n) is 4.52. The van der Waals surface area contributed by atoms with E-state index in [1.54, 1.807) is 18.4 Å². The predicted molar refractivity (Wildman–Crippen MR) is 93.8 cm³/mol. The van der Waals surface area contributed by atoms with E-state index in [0.29, 0.717) is 20.6 Å². The fraction of sp³-hybridized carbons (Fsp3) is 0.200. The number of Topliss-reactive ketones (excluding diaryl/α,β-unsaturated/α-hetero) is 1. The summed E-state index contributed by atoms with van der Waals surface area (Å²) in [6, 6.07) is 9.25. The fourth-order valence-electron chi connectivity index (χ4n) is 1.86. The van der Waals surface area contributed by atoms with Crippen molar-refractivity contribution in [3.8, 4) is 6.07 Å². The maximum atomic E-state index is 12.1. The molecule has 0 saturated carbocycles. The van der Waals surface area contributed by atoms with Gasteiger partial charge < -0.3 is 5.73 Å². The number of carbonyl (C=O) groups is 1. The van der Waals surface area contributed by atoms with Crippen LogP contribution in [0.15, 0.2) is 34.3 Å². The number of nitrogen functional groups attached to an aromatic ring is 1. The van der Waals surface area contributed by atoms with Gasteiger partial charge in [0.1, 0.15) is 27.5 Å². The molecule has 0 spiro atoms. The number of hydrogen-bond donors (Lipinski definition) is 1. The molecule has 0 atom stereocenters. The average molecular weight is 365 g/mol. The van der Waals surface area contributed by atoms with Crippen molar-refractivity contribution in [3.05, 3.63) is 40.4 Å². The van der Waals surface area contributed by atoms with Crippen LogP contribution in [0.4, 0.5) is 5.95 Å². The van der Waals surface area contributed by atoms with E-state index < -0.39 is 0 Å². The summed E-state index contributed by atoms with van der Waals surface area (Å²) in [4.78, 5) is 20.2. The third kappa shape index (κ3) is 4.86. The van der Waals surface area contributed by atoms with Crippen molar-refractivity contribution in [1.82, 2.24) is 9.97 Å². The van der Waals surface area contributed by atoms with Crippen molar-refractivity contribution in [1.29, 1.82) is 5.26 Å². The smallest absolute Gasteiger partial charge is 0.222 e. The first-order chi connectivity index (χ1) is 11.0. The van der Waals surface area contributed by atoms with E-state index in [2.05, 4.69) is 16.0 Å². The summed E-state index contributed by atoms with van der Waals surface area (Å²) < 4.78 is 0. The fourth-order valence-corrected chi connectivity index (χ4v) is 3.51. The molecule has 0 amide bonds. The topological polar surface area (TPSA) is 92.7 Å². The number of hydrogen-bond acceptors (Lipinski definition) is 7. The van der Waals surface area contributed by atoms with Crippen LogP contribution in [-0.4, -0.2) is 27.8 Å². The Bertz CT molecular complexity index is 777. The second kappa shape index (κ2) is 8.20. The zero-order valence-electron chi connectivity index (χ0n) is 12.2. The van der Waals surface area contributed by atoms with Gasteiger partial charge >= 0.3 is 0 Å². The molecule has 0 aliphatic heterocycles. The van der Waals surface area contributed by atoms with E-state index in [4.69, 9.17) is 17.3 Å². The lowest BCUT2D eigenvalue weighted by Crippen LogP contribution is -2.07. The molecule has 8 heteroatoms. The molecule has 23 heavy (non-hydrogen) atoms. The Kier molecular flexibility index (Phi) is 6.28. The Morgan fingerprint density at radius 1 is 1.39 bits per heavy atom. The highest BCUT2D eigenvalue weighted by molar-refractivity contribution is 8.00. The summed E-state index contributed by atoms with van der Waals surface area (Å²) in [6.45, 7) is 0. The molecule has 1 aromatic heterocycles. The Balaban J connectivity index is 2.07. The minimum Gasteiger partial charge on any atom is -0.368 e. The van der Waals surface area contributed by atoms with Gasteiger partial charge in [-0.2, -0.15) is 5.26 Å². The van der Waals surface area contributed by atoms with Gasteiger partial charge in [-0.15, -0.1) is 11.8 Å². The number of aromatic nitrogens is 2. The Hall–Kier alpha value is -1.75. The van der Waals surface area contributed by atoms with Crippen LogP contribution >= 0.6 is 35.1 Å². The minimum atomic E-state index is 0.0176. The number of nitrogens with two attached hydrogens (primary N) is 1. The third-order valence-corrected chi connectivity index (χ3v) is 4.78. The van der Waals surface area contributed by atoms with Gasteiger partial charge in [-0.3, -0.25) is 4.79 Å². The van der Waals surface area contributed by atoms with Gasteiger partial charge in [0.05, 0.1) is 5.75 Å². The highest BCUT2D eigenvalue weighted by Crippen LogP contribution is 2.28. The number of nitrogens with zero attached hydrogens (tertiary/aromatic N) is 3. The van der Waals surface area contributed by atoms with Crippen molar-refractivity contribution >= 4 is 46.9 Å². The molecule has 118 valence electrons. The molecule has 0 fully saturated rings. The molecular formula is C15H13ClN4OS2. The molecule has 0 bridgehead atoms. The van der Waals surface area contributed by atoms with E-state index >= 15 is 0 Å². The lowest BCUT2D eigenvalue weighted by molar-refractivity contribution is -0.116. The van der Waals surface area contributed by atoms with Crippen molar-refractivity contribution in [3.63, 3.8) is 0 Å². The summed E-state index contributed by atoms with van der Waals surface area (Å²) in [5.41, 5.74) is 6.86. The van der Waals surface area contributed by atoms with Gasteiger partial charge in [-0.1, -0.05) is 35.5 Å². The summed E-state index contributed by atoms with van der Waals surface area (Å²) in [7, 11) is 0. The van der Waals surface area contributed by atoms with E-state index in [1.807, 2.05) is 12.1 Å². The molecular weight excluding hydrogens is 352 g/mol. The highest BCUT2D eigenvalue weighted by Gasteiger charge is 2.15. The summed E-state index contributed by atoms with van der Waals surface area (Å²) in [6.07, 6.45) is 2.09. The molecule has 0 aliphatic rings. The molecule has 1 aromatic carbocycles. The first-order valence-electron chi connectivity index (χ1n) is 6.54. The molecule has 0 radical (unpaired) electrons. The molecule has 2 aromatic rings. The summed E-state index contributed by atoms with van der Waals surface area (Å²) >= 11 is 8.42. The first kappa shape index (κ1) is 17.6. The predicted octanol–water partition coefficient (Wildman–Crippen LogP) is 3.21. The Morgan fingerprint density at radius 3 is 2.78 bits per heavy atom. The number of anilines is 1. The number of rotatable bonds is 6. The van der Waals surface area contributed by atoms with E-state index in [9.17, 15) is 10.1 Å². The summed E-state index contributed by atoms with van der Waals surface area (Å²) in [5.74, 6) is 0.313. The third-order valence-electron chi connectivity index (χ3n) is 2.83.